The van der Waals surface area contributed by atoms with Gasteiger partial charge in [-0.05, 0) is 29.3 Å². The molecule has 0 atom stereocenters. The quantitative estimate of drug-likeness (QED) is 0.261. The van der Waals surface area contributed by atoms with Gasteiger partial charge in [-0.15, -0.1) is 0 Å². The Balaban J connectivity index is 2.11. The van der Waals surface area contributed by atoms with E-state index in [1.54, 1.807) is 42.5 Å². The number of allylic oxidation sites excluding steroid dienone is 1. The lowest BCUT2D eigenvalue weighted by atomic mass is 10.1. The number of carbonyl (C=O) groups excluding carboxylic acids is 1. The van der Waals surface area contributed by atoms with Crippen LogP contribution >= 0.6 is 0 Å². The van der Waals surface area contributed by atoms with Crippen LogP contribution in [0.15, 0.2) is 59.7 Å². The van der Waals surface area contributed by atoms with Gasteiger partial charge in [0.25, 0.3) is 0 Å². The fourth-order valence-electron chi connectivity index (χ4n) is 1.59. The first-order chi connectivity index (χ1) is 9.69. The van der Waals surface area contributed by atoms with Gasteiger partial charge in [0, 0.05) is 16.2 Å². The van der Waals surface area contributed by atoms with Gasteiger partial charge in [0.15, 0.2) is 5.78 Å². The molecule has 0 N–H and O–H groups in total. The van der Waals surface area contributed by atoms with Crippen LogP contribution < -0.4 is 0 Å². The van der Waals surface area contributed by atoms with E-state index in [2.05, 4.69) is 10.0 Å². The number of halogens is 1. The first-order valence-electron chi connectivity index (χ1n) is 5.82. The predicted octanol–water partition coefficient (Wildman–Crippen LogP) is 4.66. The Hall–Kier alpha value is -2.91. The van der Waals surface area contributed by atoms with Gasteiger partial charge in [0.2, 0.25) is 0 Å². The van der Waals surface area contributed by atoms with E-state index in [9.17, 15) is 9.18 Å². The number of nitrogens with zero attached hydrogens (tertiary/aromatic N) is 3. The number of benzene rings is 2. The highest BCUT2D eigenvalue weighted by Crippen LogP contribution is 2.14. The Bertz CT molecular complexity index is 684. The van der Waals surface area contributed by atoms with Crippen molar-refractivity contribution in [2.24, 2.45) is 5.11 Å². The van der Waals surface area contributed by atoms with Crippen molar-refractivity contribution < 1.29 is 9.18 Å². The highest BCUT2D eigenvalue weighted by Gasteiger charge is 2.01. The van der Waals surface area contributed by atoms with E-state index in [0.717, 1.165) is 5.56 Å². The minimum atomic E-state index is -0.317. The highest BCUT2D eigenvalue weighted by atomic mass is 19.1. The molecule has 2 aromatic rings. The first-order valence-corrected chi connectivity index (χ1v) is 5.82. The number of carbonyl (C=O) groups is 1. The molecular formula is C15H10FN3O. The molecule has 5 heteroatoms. The third-order valence-electron chi connectivity index (χ3n) is 2.61. The molecule has 0 radical (unpaired) electrons. The fraction of sp³-hybridized carbons (Fsp3) is 0. The van der Waals surface area contributed by atoms with Crippen molar-refractivity contribution in [3.63, 3.8) is 0 Å². The van der Waals surface area contributed by atoms with Crippen LogP contribution in [0.4, 0.5) is 10.1 Å². The number of hydrogen-bond donors (Lipinski definition) is 0. The normalized spacial score (nSPS) is 10.2. The number of rotatable bonds is 4. The average Bonchev–Trinajstić information content (AvgIpc) is 2.47. The average molecular weight is 267 g/mol. The summed E-state index contributed by atoms with van der Waals surface area (Å²) in [5, 5.41) is 3.42. The molecule has 0 amide bonds. The second kappa shape index (κ2) is 6.31. The van der Waals surface area contributed by atoms with Crippen LogP contribution in [0.3, 0.4) is 0 Å². The third-order valence-corrected chi connectivity index (χ3v) is 2.61. The molecule has 0 bridgehead atoms. The monoisotopic (exact) mass is 267 g/mol. The van der Waals surface area contributed by atoms with Crippen LogP contribution in [-0.2, 0) is 0 Å². The van der Waals surface area contributed by atoms with E-state index in [1.807, 2.05) is 0 Å². The molecule has 98 valence electrons. The summed E-state index contributed by atoms with van der Waals surface area (Å²) in [4.78, 5) is 14.5. The van der Waals surface area contributed by atoms with Crippen LogP contribution in [-0.4, -0.2) is 5.78 Å². The van der Waals surface area contributed by atoms with Gasteiger partial charge in [0.05, 0.1) is 0 Å². The second-order valence-corrected chi connectivity index (χ2v) is 3.99. The number of azide groups is 1. The third kappa shape index (κ3) is 3.54. The number of hydrogen-bond acceptors (Lipinski definition) is 2. The van der Waals surface area contributed by atoms with Crippen molar-refractivity contribution in [2.45, 2.75) is 0 Å². The fourth-order valence-corrected chi connectivity index (χ4v) is 1.59. The zero-order chi connectivity index (χ0) is 14.4. The van der Waals surface area contributed by atoms with Crippen molar-refractivity contribution in [1.29, 1.82) is 0 Å². The molecule has 0 aliphatic heterocycles. The van der Waals surface area contributed by atoms with E-state index in [1.165, 1.54) is 18.2 Å². The van der Waals surface area contributed by atoms with Gasteiger partial charge in [-0.2, -0.15) is 0 Å². The maximum absolute atomic E-state index is 12.7. The zero-order valence-corrected chi connectivity index (χ0v) is 10.4. The smallest absolute Gasteiger partial charge is 0.185 e. The number of ketones is 1. The summed E-state index contributed by atoms with van der Waals surface area (Å²) in [6.45, 7) is 0. The van der Waals surface area contributed by atoms with Gasteiger partial charge in [-0.3, -0.25) is 4.79 Å². The van der Waals surface area contributed by atoms with Gasteiger partial charge >= 0.3 is 0 Å². The zero-order valence-electron chi connectivity index (χ0n) is 10.4. The lowest BCUT2D eigenvalue weighted by molar-refractivity contribution is 0.104. The Morgan fingerprint density at radius 3 is 2.35 bits per heavy atom. The second-order valence-electron chi connectivity index (χ2n) is 3.99. The molecule has 0 saturated heterocycles. The van der Waals surface area contributed by atoms with Crippen LogP contribution in [0.1, 0.15) is 15.9 Å². The van der Waals surface area contributed by atoms with Gasteiger partial charge in [-0.25, -0.2) is 4.39 Å². The van der Waals surface area contributed by atoms with Crippen molar-refractivity contribution >= 4 is 17.5 Å². The lowest BCUT2D eigenvalue weighted by Gasteiger charge is -1.97. The summed E-state index contributed by atoms with van der Waals surface area (Å²) < 4.78 is 12.7. The molecule has 0 aromatic heterocycles. The molecular weight excluding hydrogens is 257 g/mol. The Morgan fingerprint density at radius 1 is 1.10 bits per heavy atom. The molecule has 0 unspecified atom stereocenters. The lowest BCUT2D eigenvalue weighted by Crippen LogP contribution is -1.92. The molecule has 0 aliphatic carbocycles. The van der Waals surface area contributed by atoms with Crippen molar-refractivity contribution in [3.05, 3.63) is 82.0 Å². The maximum Gasteiger partial charge on any atom is 0.185 e. The van der Waals surface area contributed by atoms with Gasteiger partial charge in [0.1, 0.15) is 5.82 Å². The minimum absolute atomic E-state index is 0.179. The summed E-state index contributed by atoms with van der Waals surface area (Å²) in [5.41, 5.74) is 9.96. The van der Waals surface area contributed by atoms with Crippen molar-refractivity contribution in [3.8, 4) is 0 Å². The summed E-state index contributed by atoms with van der Waals surface area (Å²) in [6, 6.07) is 12.1. The van der Waals surface area contributed by atoms with Crippen molar-refractivity contribution in [1.82, 2.24) is 0 Å². The van der Waals surface area contributed by atoms with Crippen LogP contribution in [0.5, 0.6) is 0 Å². The molecule has 2 rings (SSSR count). The Labute approximate surface area is 114 Å². The van der Waals surface area contributed by atoms with Crippen molar-refractivity contribution in [2.75, 3.05) is 0 Å². The standard InChI is InChI=1S/C15H10FN3O/c16-13-6-1-11(2-7-13)3-10-15(20)12-4-8-14(9-5-12)18-19-17/h1-10H. The summed E-state index contributed by atoms with van der Waals surface area (Å²) in [5.74, 6) is -0.496. The Morgan fingerprint density at radius 2 is 1.75 bits per heavy atom. The molecule has 0 fully saturated rings. The summed E-state index contributed by atoms with van der Waals surface area (Å²) in [7, 11) is 0. The van der Waals surface area contributed by atoms with Crippen LogP contribution in [0.2, 0.25) is 0 Å². The topological polar surface area (TPSA) is 65.8 Å². The molecule has 0 saturated carbocycles. The molecule has 4 nitrogen and oxygen atoms in total. The van der Waals surface area contributed by atoms with Gasteiger partial charge < -0.3 is 0 Å². The Kier molecular flexibility index (Phi) is 4.27. The van der Waals surface area contributed by atoms with Gasteiger partial charge in [-0.1, -0.05) is 47.6 Å². The molecule has 0 heterocycles. The molecule has 2 aromatic carbocycles. The molecule has 20 heavy (non-hydrogen) atoms. The maximum atomic E-state index is 12.7. The minimum Gasteiger partial charge on any atom is -0.289 e. The van der Waals surface area contributed by atoms with E-state index in [-0.39, 0.29) is 11.6 Å². The molecule has 0 aliphatic rings. The predicted molar refractivity (Wildman–Crippen MR) is 75.0 cm³/mol. The highest BCUT2D eigenvalue weighted by molar-refractivity contribution is 6.06. The van der Waals surface area contributed by atoms with Crippen LogP contribution in [0.25, 0.3) is 16.5 Å². The van der Waals surface area contributed by atoms with E-state index in [4.69, 9.17) is 5.53 Å². The SMILES string of the molecule is [N-]=[N+]=Nc1ccc(C(=O)C=Cc2ccc(F)cc2)cc1. The van der Waals surface area contributed by atoms with E-state index in [0.29, 0.717) is 11.3 Å². The molecule has 0 spiro atoms. The first kappa shape index (κ1) is 13.5. The van der Waals surface area contributed by atoms with Crippen LogP contribution in [0, 0.1) is 5.82 Å². The summed E-state index contributed by atoms with van der Waals surface area (Å²) >= 11 is 0. The van der Waals surface area contributed by atoms with E-state index < -0.39 is 0 Å². The van der Waals surface area contributed by atoms with E-state index >= 15 is 0 Å². The largest absolute Gasteiger partial charge is 0.289 e. The summed E-state index contributed by atoms with van der Waals surface area (Å²) in [6.07, 6.45) is 3.03.